The summed E-state index contributed by atoms with van der Waals surface area (Å²) in [5, 5.41) is 18.8. The molecule has 1 unspecified atom stereocenters. The van der Waals surface area contributed by atoms with Crippen molar-refractivity contribution in [2.75, 3.05) is 0 Å². The average Bonchev–Trinajstić information content (AvgIpc) is 2.99. The Morgan fingerprint density at radius 3 is 2.64 bits per heavy atom. The fraction of sp³-hybridized carbons (Fsp3) is 0.400. The molecule has 0 amide bonds. The van der Waals surface area contributed by atoms with Crippen molar-refractivity contribution < 1.29 is 15.0 Å². The minimum atomic E-state index is -0.985. The first-order chi connectivity index (χ1) is 6.67. The number of hydrogen-bond acceptors (Lipinski definition) is 3. The fourth-order valence-corrected chi connectivity index (χ4v) is 1.56. The maximum atomic E-state index is 10.9. The lowest BCUT2D eigenvalue weighted by Crippen LogP contribution is -2.24. The van der Waals surface area contributed by atoms with E-state index in [2.05, 4.69) is 4.98 Å². The molecule has 14 heavy (non-hydrogen) atoms. The number of aliphatic hydroxyl groups is 1. The third-order valence-electron chi connectivity index (χ3n) is 2.71. The van der Waals surface area contributed by atoms with Crippen LogP contribution in [0.2, 0.25) is 0 Å². The van der Waals surface area contributed by atoms with E-state index in [9.17, 15) is 9.90 Å². The number of nitrogens with zero attached hydrogens (tertiary/aromatic N) is 1. The van der Waals surface area contributed by atoms with E-state index < -0.39 is 17.5 Å². The predicted molar refractivity (Wildman–Crippen MR) is 48.5 cm³/mol. The van der Waals surface area contributed by atoms with Gasteiger partial charge in [0.05, 0.1) is 11.1 Å². The van der Waals surface area contributed by atoms with Crippen molar-refractivity contribution in [3.05, 3.63) is 30.1 Å². The number of aromatic nitrogens is 1. The van der Waals surface area contributed by atoms with E-state index in [1.54, 1.807) is 24.4 Å². The first-order valence-corrected chi connectivity index (χ1v) is 4.49. The van der Waals surface area contributed by atoms with Gasteiger partial charge in [0, 0.05) is 6.20 Å². The Balaban J connectivity index is 2.25. The number of pyridine rings is 1. The van der Waals surface area contributed by atoms with Crippen molar-refractivity contribution in [1.29, 1.82) is 0 Å². The lowest BCUT2D eigenvalue weighted by Gasteiger charge is -2.16. The number of aliphatic hydroxyl groups excluding tert-OH is 1. The second kappa shape index (κ2) is 3.06. The molecule has 1 aromatic rings. The van der Waals surface area contributed by atoms with Crippen LogP contribution in [0.4, 0.5) is 0 Å². The van der Waals surface area contributed by atoms with E-state index >= 15 is 0 Å². The summed E-state index contributed by atoms with van der Waals surface area (Å²) < 4.78 is 0. The summed E-state index contributed by atoms with van der Waals surface area (Å²) in [5.74, 6) is -0.935. The van der Waals surface area contributed by atoms with Crippen LogP contribution in [0.25, 0.3) is 0 Å². The molecule has 0 aliphatic heterocycles. The molecule has 0 radical (unpaired) electrons. The lowest BCUT2D eigenvalue weighted by atomic mass is 9.96. The smallest absolute Gasteiger partial charge is 0.312 e. The van der Waals surface area contributed by atoms with E-state index in [0.29, 0.717) is 18.5 Å². The number of rotatable bonds is 3. The van der Waals surface area contributed by atoms with Crippen molar-refractivity contribution in [3.63, 3.8) is 0 Å². The van der Waals surface area contributed by atoms with E-state index in [1.165, 1.54) is 0 Å². The molecule has 1 aromatic heterocycles. The molecule has 2 N–H and O–H groups in total. The molecule has 1 atom stereocenters. The number of aliphatic carboxylic acids is 1. The maximum Gasteiger partial charge on any atom is 0.312 e. The van der Waals surface area contributed by atoms with Gasteiger partial charge in [-0.05, 0) is 25.0 Å². The highest BCUT2D eigenvalue weighted by atomic mass is 16.4. The second-order valence-corrected chi connectivity index (χ2v) is 3.62. The topological polar surface area (TPSA) is 70.4 Å². The number of carbonyl (C=O) groups is 1. The zero-order valence-corrected chi connectivity index (χ0v) is 7.55. The van der Waals surface area contributed by atoms with Gasteiger partial charge in [-0.3, -0.25) is 9.78 Å². The molecule has 4 nitrogen and oxygen atoms in total. The highest BCUT2D eigenvalue weighted by Crippen LogP contribution is 2.54. The summed E-state index contributed by atoms with van der Waals surface area (Å²) in [5.41, 5.74) is -0.540. The first kappa shape index (κ1) is 9.15. The molecule has 2 rings (SSSR count). The van der Waals surface area contributed by atoms with E-state index in [0.717, 1.165) is 0 Å². The van der Waals surface area contributed by atoms with Gasteiger partial charge in [-0.2, -0.15) is 0 Å². The van der Waals surface area contributed by atoms with Gasteiger partial charge in [-0.15, -0.1) is 0 Å². The Bertz CT molecular complexity index is 346. The second-order valence-electron chi connectivity index (χ2n) is 3.62. The van der Waals surface area contributed by atoms with Crippen LogP contribution in [-0.4, -0.2) is 21.2 Å². The Hall–Kier alpha value is -1.42. The van der Waals surface area contributed by atoms with Crippen LogP contribution in [0.1, 0.15) is 24.6 Å². The summed E-state index contributed by atoms with van der Waals surface area (Å²) >= 11 is 0. The van der Waals surface area contributed by atoms with Gasteiger partial charge in [-0.1, -0.05) is 6.07 Å². The number of carboxylic acids is 1. The molecule has 4 heteroatoms. The van der Waals surface area contributed by atoms with Crippen molar-refractivity contribution in [3.8, 4) is 0 Å². The van der Waals surface area contributed by atoms with Crippen molar-refractivity contribution in [2.24, 2.45) is 5.41 Å². The first-order valence-electron chi connectivity index (χ1n) is 4.49. The molecule has 0 aromatic carbocycles. The Morgan fingerprint density at radius 1 is 1.50 bits per heavy atom. The monoisotopic (exact) mass is 193 g/mol. The van der Waals surface area contributed by atoms with Gasteiger partial charge < -0.3 is 10.2 Å². The largest absolute Gasteiger partial charge is 0.481 e. The molecular formula is C10H11NO3. The zero-order chi connectivity index (χ0) is 10.2. The third kappa shape index (κ3) is 1.28. The average molecular weight is 193 g/mol. The molecule has 74 valence electrons. The third-order valence-corrected chi connectivity index (χ3v) is 2.71. The van der Waals surface area contributed by atoms with Gasteiger partial charge >= 0.3 is 5.97 Å². The Morgan fingerprint density at radius 2 is 2.21 bits per heavy atom. The number of carboxylic acid groups (broad SMARTS) is 1. The molecule has 1 aliphatic rings. The molecule has 1 fully saturated rings. The number of hydrogen-bond donors (Lipinski definition) is 2. The summed E-state index contributed by atoms with van der Waals surface area (Å²) in [6, 6.07) is 5.12. The van der Waals surface area contributed by atoms with Crippen molar-refractivity contribution in [2.45, 2.75) is 18.9 Å². The summed E-state index contributed by atoms with van der Waals surface area (Å²) in [6.07, 6.45) is 1.62. The molecule has 0 bridgehead atoms. The normalized spacial score (nSPS) is 20.1. The zero-order valence-electron chi connectivity index (χ0n) is 7.55. The fourth-order valence-electron chi connectivity index (χ4n) is 1.56. The van der Waals surface area contributed by atoms with Crippen LogP contribution in [0, 0.1) is 5.41 Å². The minimum absolute atomic E-state index is 0.437. The molecule has 0 spiro atoms. The van der Waals surface area contributed by atoms with Crippen molar-refractivity contribution in [1.82, 2.24) is 4.98 Å². The molecular weight excluding hydrogens is 182 g/mol. The van der Waals surface area contributed by atoms with E-state index in [1.807, 2.05) is 0 Å². The van der Waals surface area contributed by atoms with Gasteiger partial charge in [0.2, 0.25) is 0 Å². The van der Waals surface area contributed by atoms with Crippen LogP contribution < -0.4 is 0 Å². The maximum absolute atomic E-state index is 10.9. The molecule has 1 saturated carbocycles. The predicted octanol–water partition coefficient (Wildman–Crippen LogP) is 0.980. The Labute approximate surface area is 81.2 Å². The standard InChI is InChI=1S/C10H11NO3/c12-8(7-3-1-2-6-11-7)10(4-5-10)9(13)14/h1-3,6,8,12H,4-5H2,(H,13,14). The lowest BCUT2D eigenvalue weighted by molar-refractivity contribution is -0.148. The van der Waals surface area contributed by atoms with Crippen molar-refractivity contribution >= 4 is 5.97 Å². The summed E-state index contributed by atoms with van der Waals surface area (Å²) in [6.45, 7) is 0. The molecule has 1 heterocycles. The Kier molecular flexibility index (Phi) is 2.00. The molecule has 1 aliphatic carbocycles. The van der Waals surface area contributed by atoms with E-state index in [-0.39, 0.29) is 0 Å². The van der Waals surface area contributed by atoms with Crippen LogP contribution in [0.15, 0.2) is 24.4 Å². The van der Waals surface area contributed by atoms with Crippen LogP contribution in [0.5, 0.6) is 0 Å². The minimum Gasteiger partial charge on any atom is -0.481 e. The summed E-state index contributed by atoms with van der Waals surface area (Å²) in [4.78, 5) is 14.9. The van der Waals surface area contributed by atoms with Gasteiger partial charge in [0.15, 0.2) is 0 Å². The van der Waals surface area contributed by atoms with Crippen LogP contribution >= 0.6 is 0 Å². The van der Waals surface area contributed by atoms with Gasteiger partial charge in [0.25, 0.3) is 0 Å². The van der Waals surface area contributed by atoms with Gasteiger partial charge in [-0.25, -0.2) is 0 Å². The summed E-state index contributed by atoms with van der Waals surface area (Å²) in [7, 11) is 0. The van der Waals surface area contributed by atoms with Crippen LogP contribution in [0.3, 0.4) is 0 Å². The quantitative estimate of drug-likeness (QED) is 0.750. The highest BCUT2D eigenvalue weighted by molar-refractivity contribution is 5.78. The SMILES string of the molecule is O=C(O)C1(C(O)c2ccccn2)CC1. The van der Waals surface area contributed by atoms with Gasteiger partial charge in [0.1, 0.15) is 6.10 Å². The van der Waals surface area contributed by atoms with Crippen LogP contribution in [-0.2, 0) is 4.79 Å². The highest BCUT2D eigenvalue weighted by Gasteiger charge is 2.56. The molecule has 0 saturated heterocycles. The van der Waals surface area contributed by atoms with E-state index in [4.69, 9.17) is 5.11 Å².